The zero-order valence-corrected chi connectivity index (χ0v) is 9.61. The molecule has 0 aromatic heterocycles. The molecule has 1 aromatic rings. The van der Waals surface area contributed by atoms with E-state index in [1.807, 2.05) is 12.1 Å². The zero-order valence-electron chi connectivity index (χ0n) is 9.61. The molecule has 0 radical (unpaired) electrons. The van der Waals surface area contributed by atoms with Crippen molar-refractivity contribution in [2.24, 2.45) is 0 Å². The summed E-state index contributed by atoms with van der Waals surface area (Å²) in [5, 5.41) is 10.1. The van der Waals surface area contributed by atoms with E-state index in [9.17, 15) is 5.11 Å². The fourth-order valence-electron chi connectivity index (χ4n) is 2.08. The monoisotopic (exact) mass is 222 g/mol. The van der Waals surface area contributed by atoms with E-state index in [-0.39, 0.29) is 0 Å². The summed E-state index contributed by atoms with van der Waals surface area (Å²) in [6, 6.07) is 6.00. The van der Waals surface area contributed by atoms with Crippen LogP contribution in [0.1, 0.15) is 30.1 Å². The number of hydrogen-bond donors (Lipinski definition) is 1. The second kappa shape index (κ2) is 5.32. The Morgan fingerprint density at radius 1 is 1.50 bits per heavy atom. The van der Waals surface area contributed by atoms with Crippen LogP contribution in [0.3, 0.4) is 0 Å². The van der Waals surface area contributed by atoms with Gasteiger partial charge in [0.05, 0.1) is 12.7 Å². The van der Waals surface area contributed by atoms with Crippen LogP contribution in [0.2, 0.25) is 0 Å². The van der Waals surface area contributed by atoms with Crippen molar-refractivity contribution in [1.82, 2.24) is 0 Å². The highest BCUT2D eigenvalue weighted by molar-refractivity contribution is 5.45. The largest absolute Gasteiger partial charge is 0.493 e. The summed E-state index contributed by atoms with van der Waals surface area (Å²) in [5.74, 6) is 0.896. The van der Waals surface area contributed by atoms with Gasteiger partial charge in [-0.25, -0.2) is 0 Å². The third kappa shape index (κ3) is 2.36. The van der Waals surface area contributed by atoms with E-state index in [0.717, 1.165) is 30.8 Å². The molecule has 3 heteroatoms. The molecule has 1 unspecified atom stereocenters. The second-order valence-corrected chi connectivity index (χ2v) is 4.08. The van der Waals surface area contributed by atoms with Crippen molar-refractivity contribution in [2.75, 3.05) is 20.3 Å². The summed E-state index contributed by atoms with van der Waals surface area (Å²) in [5.41, 5.74) is 2.13. The Kier molecular flexibility index (Phi) is 3.80. The van der Waals surface area contributed by atoms with Crippen LogP contribution in [0.5, 0.6) is 5.75 Å². The van der Waals surface area contributed by atoms with Gasteiger partial charge in [0, 0.05) is 25.7 Å². The molecular formula is C13H18O3. The molecule has 0 saturated heterocycles. The Morgan fingerprint density at radius 3 is 3.19 bits per heavy atom. The van der Waals surface area contributed by atoms with Crippen molar-refractivity contribution < 1.29 is 14.6 Å². The summed E-state index contributed by atoms with van der Waals surface area (Å²) in [6.45, 7) is 1.42. The van der Waals surface area contributed by atoms with Gasteiger partial charge in [-0.1, -0.05) is 18.2 Å². The van der Waals surface area contributed by atoms with Gasteiger partial charge >= 0.3 is 0 Å². The molecule has 1 N–H and O–H groups in total. The minimum atomic E-state index is -0.441. The molecule has 0 bridgehead atoms. The molecule has 16 heavy (non-hydrogen) atoms. The maximum atomic E-state index is 10.1. The Bertz CT molecular complexity index is 349. The number of aliphatic hydroxyl groups excluding tert-OH is 1. The summed E-state index contributed by atoms with van der Waals surface area (Å²) in [6.07, 6.45) is 2.09. The van der Waals surface area contributed by atoms with Crippen molar-refractivity contribution >= 4 is 0 Å². The summed E-state index contributed by atoms with van der Waals surface area (Å²) in [7, 11) is 1.68. The molecule has 88 valence electrons. The topological polar surface area (TPSA) is 38.7 Å². The number of aliphatic hydroxyl groups is 1. The number of rotatable bonds is 5. The van der Waals surface area contributed by atoms with E-state index in [1.165, 1.54) is 5.56 Å². The highest BCUT2D eigenvalue weighted by Gasteiger charge is 2.20. The number of para-hydroxylation sites is 1. The van der Waals surface area contributed by atoms with Crippen LogP contribution in [-0.4, -0.2) is 25.4 Å². The first-order chi connectivity index (χ1) is 7.83. The number of hydrogen-bond acceptors (Lipinski definition) is 3. The zero-order chi connectivity index (χ0) is 11.4. The van der Waals surface area contributed by atoms with E-state index in [2.05, 4.69) is 6.07 Å². The van der Waals surface area contributed by atoms with Crippen molar-refractivity contribution in [1.29, 1.82) is 0 Å². The van der Waals surface area contributed by atoms with Gasteiger partial charge in [-0.15, -0.1) is 0 Å². The molecule has 0 spiro atoms. The minimum Gasteiger partial charge on any atom is -0.493 e. The first-order valence-corrected chi connectivity index (χ1v) is 5.74. The molecule has 2 rings (SSSR count). The van der Waals surface area contributed by atoms with E-state index in [1.54, 1.807) is 7.11 Å². The van der Waals surface area contributed by atoms with Gasteiger partial charge in [0.2, 0.25) is 0 Å². The van der Waals surface area contributed by atoms with Gasteiger partial charge < -0.3 is 14.6 Å². The first kappa shape index (κ1) is 11.4. The van der Waals surface area contributed by atoms with Gasteiger partial charge in [0.1, 0.15) is 5.75 Å². The molecule has 1 heterocycles. The van der Waals surface area contributed by atoms with Crippen molar-refractivity contribution in [3.05, 3.63) is 29.3 Å². The maximum Gasteiger partial charge on any atom is 0.128 e. The van der Waals surface area contributed by atoms with Gasteiger partial charge in [-0.3, -0.25) is 0 Å². The number of ether oxygens (including phenoxy) is 2. The number of benzene rings is 1. The Hall–Kier alpha value is -1.06. The van der Waals surface area contributed by atoms with Crippen molar-refractivity contribution in [3.63, 3.8) is 0 Å². The third-order valence-corrected chi connectivity index (χ3v) is 2.93. The normalized spacial score (nSPS) is 15.6. The van der Waals surface area contributed by atoms with Gasteiger partial charge in [0.25, 0.3) is 0 Å². The fourth-order valence-corrected chi connectivity index (χ4v) is 2.08. The standard InChI is InChI=1S/C13H18O3/c1-15-8-3-6-12(14)11-5-2-4-10-7-9-16-13(10)11/h2,4-5,12,14H,3,6-9H2,1H3. The summed E-state index contributed by atoms with van der Waals surface area (Å²) < 4.78 is 10.5. The summed E-state index contributed by atoms with van der Waals surface area (Å²) in [4.78, 5) is 0. The van der Waals surface area contributed by atoms with E-state index < -0.39 is 6.10 Å². The van der Waals surface area contributed by atoms with Gasteiger partial charge in [-0.2, -0.15) is 0 Å². The molecular weight excluding hydrogens is 204 g/mol. The predicted molar refractivity (Wildman–Crippen MR) is 61.7 cm³/mol. The van der Waals surface area contributed by atoms with Crippen LogP contribution >= 0.6 is 0 Å². The quantitative estimate of drug-likeness (QED) is 0.775. The van der Waals surface area contributed by atoms with Gasteiger partial charge in [0.15, 0.2) is 0 Å². The van der Waals surface area contributed by atoms with E-state index >= 15 is 0 Å². The van der Waals surface area contributed by atoms with Crippen LogP contribution in [0.4, 0.5) is 0 Å². The van der Waals surface area contributed by atoms with Crippen molar-refractivity contribution in [2.45, 2.75) is 25.4 Å². The fraction of sp³-hybridized carbons (Fsp3) is 0.538. The molecule has 0 fully saturated rings. The minimum absolute atomic E-state index is 0.441. The Labute approximate surface area is 96.0 Å². The molecule has 0 amide bonds. The smallest absolute Gasteiger partial charge is 0.128 e. The van der Waals surface area contributed by atoms with Crippen LogP contribution in [0.25, 0.3) is 0 Å². The average Bonchev–Trinajstić information content (AvgIpc) is 2.76. The lowest BCUT2D eigenvalue weighted by atomic mass is 10.0. The van der Waals surface area contributed by atoms with Crippen LogP contribution < -0.4 is 4.74 Å². The van der Waals surface area contributed by atoms with Crippen LogP contribution in [-0.2, 0) is 11.2 Å². The Balaban J connectivity index is 2.05. The lowest BCUT2D eigenvalue weighted by molar-refractivity contribution is 0.133. The van der Waals surface area contributed by atoms with Crippen LogP contribution in [0.15, 0.2) is 18.2 Å². The SMILES string of the molecule is COCCCC(O)c1cccc2c1OCC2. The highest BCUT2D eigenvalue weighted by atomic mass is 16.5. The molecule has 1 aliphatic rings. The molecule has 3 nitrogen and oxygen atoms in total. The molecule has 1 aliphatic heterocycles. The number of methoxy groups -OCH3 is 1. The molecule has 1 atom stereocenters. The van der Waals surface area contributed by atoms with Crippen LogP contribution in [0, 0.1) is 0 Å². The summed E-state index contributed by atoms with van der Waals surface area (Å²) >= 11 is 0. The second-order valence-electron chi connectivity index (χ2n) is 4.08. The Morgan fingerprint density at radius 2 is 2.38 bits per heavy atom. The highest BCUT2D eigenvalue weighted by Crippen LogP contribution is 2.34. The van der Waals surface area contributed by atoms with E-state index in [0.29, 0.717) is 13.0 Å². The first-order valence-electron chi connectivity index (χ1n) is 5.74. The third-order valence-electron chi connectivity index (χ3n) is 2.93. The van der Waals surface area contributed by atoms with E-state index in [4.69, 9.17) is 9.47 Å². The molecule has 1 aromatic carbocycles. The van der Waals surface area contributed by atoms with Gasteiger partial charge in [-0.05, 0) is 18.4 Å². The average molecular weight is 222 g/mol. The number of fused-ring (bicyclic) bond motifs is 1. The predicted octanol–water partition coefficient (Wildman–Crippen LogP) is 2.08. The molecule has 0 saturated carbocycles. The lowest BCUT2D eigenvalue weighted by Crippen LogP contribution is -2.02. The lowest BCUT2D eigenvalue weighted by Gasteiger charge is -2.14. The van der Waals surface area contributed by atoms with Crippen molar-refractivity contribution in [3.8, 4) is 5.75 Å². The maximum absolute atomic E-state index is 10.1. The molecule has 0 aliphatic carbocycles.